The molecule has 1 aromatic heterocycles. The Balaban J connectivity index is 1.51. The first-order valence-corrected chi connectivity index (χ1v) is 8.49. The van der Waals surface area contributed by atoms with Crippen LogP contribution in [0.25, 0.3) is 0 Å². The number of furan rings is 1. The Bertz CT molecular complexity index is 487. The van der Waals surface area contributed by atoms with Gasteiger partial charge in [0.25, 0.3) is 5.91 Å². The van der Waals surface area contributed by atoms with Crippen molar-refractivity contribution in [2.24, 2.45) is 0 Å². The molecule has 0 bridgehead atoms. The van der Waals surface area contributed by atoms with Crippen LogP contribution in [-0.4, -0.2) is 48.9 Å². The molecule has 1 fully saturated rings. The number of likely N-dealkylation sites (tertiary alicyclic amines) is 1. The van der Waals surface area contributed by atoms with E-state index >= 15 is 0 Å². The van der Waals surface area contributed by atoms with Gasteiger partial charge in [0.1, 0.15) is 0 Å². The fourth-order valence-corrected chi connectivity index (χ4v) is 2.87. The molecule has 0 aromatic carbocycles. The standard InChI is InChI=1S/C17H27N3O3/c1-14-6-2-3-11-20(14)12-5-9-18-16(21)8-10-19-17(22)15-7-4-13-23-15/h4,7,13-14H,2-3,5-6,8-12H2,1H3,(H,18,21)(H,19,22). The van der Waals surface area contributed by atoms with E-state index in [0.717, 1.165) is 13.0 Å². The van der Waals surface area contributed by atoms with E-state index in [1.807, 2.05) is 0 Å². The molecule has 1 aliphatic heterocycles. The topological polar surface area (TPSA) is 74.6 Å². The maximum Gasteiger partial charge on any atom is 0.286 e. The number of hydrogen-bond acceptors (Lipinski definition) is 4. The van der Waals surface area contributed by atoms with Gasteiger partial charge in [0.2, 0.25) is 5.91 Å². The third-order valence-corrected chi connectivity index (χ3v) is 4.27. The number of carbonyl (C=O) groups excluding carboxylic acids is 2. The number of nitrogens with zero attached hydrogens (tertiary/aromatic N) is 1. The van der Waals surface area contributed by atoms with Crippen molar-refractivity contribution in [3.05, 3.63) is 24.2 Å². The van der Waals surface area contributed by atoms with Crippen molar-refractivity contribution in [1.82, 2.24) is 15.5 Å². The quantitative estimate of drug-likeness (QED) is 0.716. The Kier molecular flexibility index (Phi) is 7.13. The van der Waals surface area contributed by atoms with Gasteiger partial charge in [0.15, 0.2) is 5.76 Å². The van der Waals surface area contributed by atoms with Crippen molar-refractivity contribution >= 4 is 11.8 Å². The highest BCUT2D eigenvalue weighted by atomic mass is 16.3. The summed E-state index contributed by atoms with van der Waals surface area (Å²) in [5, 5.41) is 5.57. The van der Waals surface area contributed by atoms with Gasteiger partial charge in [-0.2, -0.15) is 0 Å². The Hall–Kier alpha value is -1.82. The summed E-state index contributed by atoms with van der Waals surface area (Å²) in [4.78, 5) is 25.8. The molecule has 0 saturated carbocycles. The molecular weight excluding hydrogens is 294 g/mol. The molecule has 0 spiro atoms. The average molecular weight is 321 g/mol. The highest BCUT2D eigenvalue weighted by Crippen LogP contribution is 2.15. The van der Waals surface area contributed by atoms with Crippen LogP contribution in [0.2, 0.25) is 0 Å². The van der Waals surface area contributed by atoms with Crippen molar-refractivity contribution in [3.8, 4) is 0 Å². The number of amides is 2. The second-order valence-corrected chi connectivity index (χ2v) is 6.07. The fourth-order valence-electron chi connectivity index (χ4n) is 2.87. The van der Waals surface area contributed by atoms with Gasteiger partial charge in [-0.1, -0.05) is 6.42 Å². The summed E-state index contributed by atoms with van der Waals surface area (Å²) in [6.07, 6.45) is 6.60. The van der Waals surface area contributed by atoms with E-state index in [0.29, 0.717) is 19.1 Å². The van der Waals surface area contributed by atoms with Gasteiger partial charge in [0, 0.05) is 32.1 Å². The van der Waals surface area contributed by atoms with Gasteiger partial charge < -0.3 is 20.0 Å². The van der Waals surface area contributed by atoms with Gasteiger partial charge in [-0.05, 0) is 44.9 Å². The third kappa shape index (κ3) is 6.06. The van der Waals surface area contributed by atoms with Crippen molar-refractivity contribution in [2.45, 2.75) is 45.1 Å². The van der Waals surface area contributed by atoms with Gasteiger partial charge in [-0.25, -0.2) is 0 Å². The molecule has 0 aliphatic carbocycles. The lowest BCUT2D eigenvalue weighted by Gasteiger charge is -2.33. The fraction of sp³-hybridized carbons (Fsp3) is 0.647. The maximum absolute atomic E-state index is 11.7. The summed E-state index contributed by atoms with van der Waals surface area (Å²) in [5.41, 5.74) is 0. The predicted molar refractivity (Wildman–Crippen MR) is 88.2 cm³/mol. The van der Waals surface area contributed by atoms with Crippen LogP contribution < -0.4 is 10.6 Å². The minimum Gasteiger partial charge on any atom is -0.459 e. The SMILES string of the molecule is CC1CCCCN1CCCNC(=O)CCNC(=O)c1ccco1. The number of rotatable bonds is 8. The van der Waals surface area contributed by atoms with Gasteiger partial charge >= 0.3 is 0 Å². The second-order valence-electron chi connectivity index (χ2n) is 6.07. The summed E-state index contributed by atoms with van der Waals surface area (Å²) in [6.45, 7) is 5.49. The molecule has 2 heterocycles. The lowest BCUT2D eigenvalue weighted by molar-refractivity contribution is -0.120. The van der Waals surface area contributed by atoms with E-state index in [1.54, 1.807) is 12.1 Å². The zero-order valence-electron chi connectivity index (χ0n) is 13.8. The molecule has 1 unspecified atom stereocenters. The zero-order chi connectivity index (χ0) is 16.5. The monoisotopic (exact) mass is 321 g/mol. The van der Waals surface area contributed by atoms with Crippen LogP contribution in [0.4, 0.5) is 0 Å². The van der Waals surface area contributed by atoms with E-state index in [4.69, 9.17) is 4.42 Å². The first kappa shape index (κ1) is 17.5. The van der Waals surface area contributed by atoms with Crippen LogP contribution in [-0.2, 0) is 4.79 Å². The summed E-state index contributed by atoms with van der Waals surface area (Å²) in [5.74, 6) is -0.0561. The first-order valence-electron chi connectivity index (χ1n) is 8.49. The average Bonchev–Trinajstić information content (AvgIpc) is 3.07. The van der Waals surface area contributed by atoms with Crippen molar-refractivity contribution in [3.63, 3.8) is 0 Å². The maximum atomic E-state index is 11.7. The van der Waals surface area contributed by atoms with E-state index in [-0.39, 0.29) is 24.0 Å². The second kappa shape index (κ2) is 9.35. The molecule has 0 radical (unpaired) electrons. The lowest BCUT2D eigenvalue weighted by Crippen LogP contribution is -2.39. The highest BCUT2D eigenvalue weighted by Gasteiger charge is 2.17. The molecule has 2 amide bonds. The van der Waals surface area contributed by atoms with E-state index in [2.05, 4.69) is 22.5 Å². The van der Waals surface area contributed by atoms with Crippen molar-refractivity contribution in [1.29, 1.82) is 0 Å². The summed E-state index contributed by atoms with van der Waals surface area (Å²) in [7, 11) is 0. The van der Waals surface area contributed by atoms with Gasteiger partial charge in [-0.15, -0.1) is 0 Å². The molecule has 1 saturated heterocycles. The van der Waals surface area contributed by atoms with E-state index < -0.39 is 0 Å². The molecule has 1 atom stereocenters. The minimum atomic E-state index is -0.290. The molecule has 128 valence electrons. The Labute approximate surface area is 137 Å². The zero-order valence-corrected chi connectivity index (χ0v) is 13.8. The van der Waals surface area contributed by atoms with Crippen LogP contribution in [0.15, 0.2) is 22.8 Å². The molecule has 6 nitrogen and oxygen atoms in total. The van der Waals surface area contributed by atoms with Crippen LogP contribution in [0.3, 0.4) is 0 Å². The summed E-state index contributed by atoms with van der Waals surface area (Å²) >= 11 is 0. The Morgan fingerprint density at radius 1 is 1.30 bits per heavy atom. The molecule has 1 aliphatic rings. The molecular formula is C17H27N3O3. The van der Waals surface area contributed by atoms with Crippen LogP contribution >= 0.6 is 0 Å². The van der Waals surface area contributed by atoms with Gasteiger partial charge in [-0.3, -0.25) is 9.59 Å². The number of hydrogen-bond donors (Lipinski definition) is 2. The van der Waals surface area contributed by atoms with Crippen LogP contribution in [0, 0.1) is 0 Å². The summed E-state index contributed by atoms with van der Waals surface area (Å²) in [6, 6.07) is 3.92. The lowest BCUT2D eigenvalue weighted by atomic mass is 10.0. The van der Waals surface area contributed by atoms with E-state index in [1.165, 1.54) is 32.1 Å². The molecule has 1 aromatic rings. The minimum absolute atomic E-state index is 0.0311. The highest BCUT2D eigenvalue weighted by molar-refractivity contribution is 5.91. The van der Waals surface area contributed by atoms with Crippen LogP contribution in [0.1, 0.15) is 49.6 Å². The smallest absolute Gasteiger partial charge is 0.286 e. The van der Waals surface area contributed by atoms with Gasteiger partial charge in [0.05, 0.1) is 6.26 Å². The van der Waals surface area contributed by atoms with Crippen molar-refractivity contribution in [2.75, 3.05) is 26.2 Å². The molecule has 6 heteroatoms. The van der Waals surface area contributed by atoms with Crippen LogP contribution in [0.5, 0.6) is 0 Å². The molecule has 23 heavy (non-hydrogen) atoms. The summed E-state index contributed by atoms with van der Waals surface area (Å²) < 4.78 is 4.98. The number of carbonyl (C=O) groups is 2. The van der Waals surface area contributed by atoms with E-state index in [9.17, 15) is 9.59 Å². The number of nitrogens with one attached hydrogen (secondary N) is 2. The third-order valence-electron chi connectivity index (χ3n) is 4.27. The normalized spacial score (nSPS) is 18.6. The predicted octanol–water partition coefficient (Wildman–Crippen LogP) is 1.78. The molecule has 2 rings (SSSR count). The Morgan fingerprint density at radius 3 is 2.91 bits per heavy atom. The largest absolute Gasteiger partial charge is 0.459 e. The first-order chi connectivity index (χ1) is 11.2. The molecule has 2 N–H and O–H groups in total. The number of piperidine rings is 1. The van der Waals surface area contributed by atoms with Crippen molar-refractivity contribution < 1.29 is 14.0 Å². The Morgan fingerprint density at radius 2 is 2.17 bits per heavy atom.